The maximum Gasteiger partial charge on any atom is 0.295 e. The average molecular weight is 238 g/mol. The highest BCUT2D eigenvalue weighted by molar-refractivity contribution is 7.86. The molecule has 0 fully saturated rings. The van der Waals surface area contributed by atoms with Crippen molar-refractivity contribution in [3.05, 3.63) is 36.5 Å². The highest BCUT2D eigenvalue weighted by Gasteiger charge is 2.17. The molecule has 6 heteroatoms. The van der Waals surface area contributed by atoms with Crippen LogP contribution in [-0.2, 0) is 10.1 Å². The van der Waals surface area contributed by atoms with Crippen molar-refractivity contribution in [3.63, 3.8) is 0 Å². The van der Waals surface area contributed by atoms with Gasteiger partial charge in [-0.05, 0) is 30.3 Å². The largest absolute Gasteiger partial charge is 0.399 e. The molecule has 5 nitrogen and oxygen atoms in total. The second kappa shape index (κ2) is 3.66. The number of nitrogens with one attached hydrogen (secondary N) is 1. The first-order valence-corrected chi connectivity index (χ1v) is 5.93. The third kappa shape index (κ3) is 1.93. The summed E-state index contributed by atoms with van der Waals surface area (Å²) in [5.74, 6) is 0. The van der Waals surface area contributed by atoms with Gasteiger partial charge in [-0.3, -0.25) is 4.55 Å². The van der Waals surface area contributed by atoms with Crippen molar-refractivity contribution in [3.8, 4) is 11.3 Å². The number of aromatic nitrogens is 1. The number of aromatic amines is 1. The molecular weight excluding hydrogens is 228 g/mol. The fourth-order valence-corrected chi connectivity index (χ4v) is 2.17. The molecule has 0 aliphatic rings. The van der Waals surface area contributed by atoms with E-state index in [1.165, 1.54) is 18.2 Å². The number of hydrogen-bond acceptors (Lipinski definition) is 3. The fraction of sp³-hybridized carbons (Fsp3) is 0. The van der Waals surface area contributed by atoms with Gasteiger partial charge in [0.2, 0.25) is 0 Å². The molecular formula is C10H10N2O3S. The molecule has 0 atom stereocenters. The normalized spacial score (nSPS) is 11.6. The Labute approximate surface area is 92.7 Å². The molecule has 1 aromatic heterocycles. The molecule has 2 rings (SSSR count). The van der Waals surface area contributed by atoms with Crippen LogP contribution in [0.1, 0.15) is 0 Å². The Morgan fingerprint density at radius 3 is 2.56 bits per heavy atom. The molecule has 0 saturated heterocycles. The topological polar surface area (TPSA) is 96.2 Å². The molecule has 0 radical (unpaired) electrons. The number of anilines is 1. The Balaban J connectivity index is 2.73. The summed E-state index contributed by atoms with van der Waals surface area (Å²) in [5.41, 5.74) is 6.95. The van der Waals surface area contributed by atoms with Crippen molar-refractivity contribution in [2.45, 2.75) is 4.90 Å². The van der Waals surface area contributed by atoms with Crippen molar-refractivity contribution in [2.24, 2.45) is 0 Å². The Morgan fingerprint density at radius 2 is 2.00 bits per heavy atom. The zero-order valence-electron chi connectivity index (χ0n) is 8.21. The zero-order chi connectivity index (χ0) is 11.8. The van der Waals surface area contributed by atoms with E-state index in [1.54, 1.807) is 18.3 Å². The highest BCUT2D eigenvalue weighted by Crippen LogP contribution is 2.27. The van der Waals surface area contributed by atoms with Crippen LogP contribution in [0, 0.1) is 0 Å². The molecule has 0 aliphatic carbocycles. The van der Waals surface area contributed by atoms with Gasteiger partial charge in [0.15, 0.2) is 0 Å². The van der Waals surface area contributed by atoms with Crippen LogP contribution < -0.4 is 5.73 Å². The van der Waals surface area contributed by atoms with Gasteiger partial charge in [0.25, 0.3) is 10.1 Å². The van der Waals surface area contributed by atoms with Crippen LogP contribution in [0.2, 0.25) is 0 Å². The molecule has 0 spiro atoms. The summed E-state index contributed by atoms with van der Waals surface area (Å²) in [6, 6.07) is 7.63. The van der Waals surface area contributed by atoms with E-state index in [-0.39, 0.29) is 4.90 Å². The van der Waals surface area contributed by atoms with E-state index in [0.29, 0.717) is 16.9 Å². The number of H-pyrrole nitrogens is 1. The predicted octanol–water partition coefficient (Wildman–Crippen LogP) is 1.51. The summed E-state index contributed by atoms with van der Waals surface area (Å²) in [4.78, 5) is 2.70. The minimum Gasteiger partial charge on any atom is -0.399 e. The predicted molar refractivity (Wildman–Crippen MR) is 60.5 cm³/mol. The lowest BCUT2D eigenvalue weighted by atomic mass is 10.1. The van der Waals surface area contributed by atoms with Gasteiger partial charge in [-0.1, -0.05) is 0 Å². The van der Waals surface area contributed by atoms with Crippen molar-refractivity contribution in [1.29, 1.82) is 0 Å². The Hall–Kier alpha value is -1.79. The summed E-state index contributed by atoms with van der Waals surface area (Å²) in [6.45, 7) is 0. The van der Waals surface area contributed by atoms with Crippen LogP contribution in [0.15, 0.2) is 41.4 Å². The molecule has 0 bridgehead atoms. The van der Waals surface area contributed by atoms with E-state index in [0.717, 1.165) is 0 Å². The van der Waals surface area contributed by atoms with Crippen molar-refractivity contribution < 1.29 is 13.0 Å². The summed E-state index contributed by atoms with van der Waals surface area (Å²) >= 11 is 0. The van der Waals surface area contributed by atoms with Crippen LogP contribution in [0.3, 0.4) is 0 Å². The molecule has 4 N–H and O–H groups in total. The average Bonchev–Trinajstić information content (AvgIpc) is 2.68. The van der Waals surface area contributed by atoms with Crippen LogP contribution in [0.25, 0.3) is 11.3 Å². The van der Waals surface area contributed by atoms with Crippen LogP contribution >= 0.6 is 0 Å². The molecule has 0 saturated carbocycles. The Morgan fingerprint density at radius 1 is 1.25 bits per heavy atom. The van der Waals surface area contributed by atoms with Gasteiger partial charge in [0.1, 0.15) is 4.90 Å². The van der Waals surface area contributed by atoms with E-state index < -0.39 is 10.1 Å². The summed E-state index contributed by atoms with van der Waals surface area (Å²) in [7, 11) is -4.25. The van der Waals surface area contributed by atoms with Gasteiger partial charge in [0.05, 0.1) is 0 Å². The minimum atomic E-state index is -4.25. The van der Waals surface area contributed by atoms with E-state index in [9.17, 15) is 8.42 Å². The quantitative estimate of drug-likeness (QED) is 0.545. The first-order valence-electron chi connectivity index (χ1n) is 4.49. The lowest BCUT2D eigenvalue weighted by molar-refractivity contribution is 0.483. The van der Waals surface area contributed by atoms with Crippen molar-refractivity contribution >= 4 is 15.8 Å². The standard InChI is InChI=1S/C10H10N2O3S/c11-7-3-4-10(16(13,14)15)8(6-7)9-2-1-5-12-9/h1-6,12H,11H2,(H,13,14,15). The lowest BCUT2D eigenvalue weighted by Crippen LogP contribution is -2.01. The van der Waals surface area contributed by atoms with Gasteiger partial charge < -0.3 is 10.7 Å². The fourth-order valence-electron chi connectivity index (χ4n) is 1.48. The number of hydrogen-bond donors (Lipinski definition) is 3. The first kappa shape index (κ1) is 10.7. The van der Waals surface area contributed by atoms with Gasteiger partial charge >= 0.3 is 0 Å². The van der Waals surface area contributed by atoms with Crippen LogP contribution in [0.4, 0.5) is 5.69 Å². The van der Waals surface area contributed by atoms with Gasteiger partial charge in [0, 0.05) is 23.1 Å². The monoisotopic (exact) mass is 238 g/mol. The van der Waals surface area contributed by atoms with Gasteiger partial charge in [-0.15, -0.1) is 0 Å². The SMILES string of the molecule is Nc1ccc(S(=O)(=O)O)c(-c2ccc[nH]2)c1. The van der Waals surface area contributed by atoms with Crippen LogP contribution in [-0.4, -0.2) is 18.0 Å². The third-order valence-corrected chi connectivity index (χ3v) is 3.08. The molecule has 0 amide bonds. The van der Waals surface area contributed by atoms with E-state index in [2.05, 4.69) is 4.98 Å². The van der Waals surface area contributed by atoms with Crippen LogP contribution in [0.5, 0.6) is 0 Å². The molecule has 2 aromatic rings. The zero-order valence-corrected chi connectivity index (χ0v) is 9.03. The van der Waals surface area contributed by atoms with Gasteiger partial charge in [-0.2, -0.15) is 8.42 Å². The van der Waals surface area contributed by atoms with E-state index in [1.807, 2.05) is 0 Å². The maximum atomic E-state index is 11.2. The minimum absolute atomic E-state index is 0.163. The smallest absolute Gasteiger partial charge is 0.295 e. The number of benzene rings is 1. The summed E-state index contributed by atoms with van der Waals surface area (Å²) < 4.78 is 31.4. The Kier molecular flexibility index (Phi) is 2.45. The van der Waals surface area contributed by atoms with Crippen molar-refractivity contribution in [1.82, 2.24) is 4.98 Å². The number of rotatable bonds is 2. The molecule has 0 aliphatic heterocycles. The number of nitrogen functional groups attached to an aromatic ring is 1. The Bertz CT molecular complexity index is 603. The molecule has 1 heterocycles. The third-order valence-electron chi connectivity index (χ3n) is 2.17. The summed E-state index contributed by atoms with van der Waals surface area (Å²) in [5, 5.41) is 0. The second-order valence-corrected chi connectivity index (χ2v) is 4.70. The van der Waals surface area contributed by atoms with E-state index >= 15 is 0 Å². The molecule has 16 heavy (non-hydrogen) atoms. The van der Waals surface area contributed by atoms with Crippen molar-refractivity contribution in [2.75, 3.05) is 5.73 Å². The molecule has 0 unspecified atom stereocenters. The van der Waals surface area contributed by atoms with E-state index in [4.69, 9.17) is 10.3 Å². The maximum absolute atomic E-state index is 11.2. The highest BCUT2D eigenvalue weighted by atomic mass is 32.2. The second-order valence-electron chi connectivity index (χ2n) is 3.31. The summed E-state index contributed by atoms with van der Waals surface area (Å²) in [6.07, 6.45) is 1.66. The van der Waals surface area contributed by atoms with Gasteiger partial charge in [-0.25, -0.2) is 0 Å². The molecule has 1 aromatic carbocycles. The number of nitrogens with two attached hydrogens (primary N) is 1. The lowest BCUT2D eigenvalue weighted by Gasteiger charge is -2.06. The molecule has 84 valence electrons. The first-order chi connectivity index (χ1) is 7.48.